The molecule has 1 heterocycles. The van der Waals surface area contributed by atoms with Crippen LogP contribution in [0, 0.1) is 0 Å². The summed E-state index contributed by atoms with van der Waals surface area (Å²) in [5.41, 5.74) is 1.07. The highest BCUT2D eigenvalue weighted by Gasteiger charge is 2.08. The lowest BCUT2D eigenvalue weighted by Crippen LogP contribution is -2.34. The van der Waals surface area contributed by atoms with Crippen molar-refractivity contribution in [2.24, 2.45) is 0 Å². The lowest BCUT2D eigenvalue weighted by molar-refractivity contribution is -0.122. The molecule has 0 aliphatic carbocycles. The second kappa shape index (κ2) is 5.57. The first-order chi connectivity index (χ1) is 8.60. The van der Waals surface area contributed by atoms with Crippen LogP contribution in [0.3, 0.4) is 0 Å². The summed E-state index contributed by atoms with van der Waals surface area (Å²) in [6, 6.07) is 8.34. The Kier molecular flexibility index (Phi) is 4.07. The van der Waals surface area contributed by atoms with Crippen LogP contribution in [0.25, 0.3) is 10.9 Å². The summed E-state index contributed by atoms with van der Waals surface area (Å²) in [5, 5.41) is 4.12. The molecule has 0 aliphatic heterocycles. The largest absolute Gasteiger partial charge is 0.352 e. The number of nitrogens with zero attached hydrogens (tertiary/aromatic N) is 1. The number of aromatic nitrogens is 1. The van der Waals surface area contributed by atoms with Crippen LogP contribution in [0.2, 0.25) is 0 Å². The first kappa shape index (κ1) is 13.1. The van der Waals surface area contributed by atoms with Crippen LogP contribution >= 0.6 is 15.9 Å². The highest BCUT2D eigenvalue weighted by atomic mass is 79.9. The lowest BCUT2D eigenvalue weighted by Gasteiger charge is -2.12. The van der Waals surface area contributed by atoms with Gasteiger partial charge in [0.1, 0.15) is 6.54 Å². The summed E-state index contributed by atoms with van der Waals surface area (Å²) < 4.78 is 3.00. The molecule has 0 spiro atoms. The number of hydrogen-bond acceptors (Lipinski definition) is 1. The Morgan fingerprint density at radius 3 is 2.94 bits per heavy atom. The van der Waals surface area contributed by atoms with Crippen molar-refractivity contribution in [1.29, 1.82) is 0 Å². The van der Waals surface area contributed by atoms with E-state index in [1.54, 1.807) is 0 Å². The molecule has 4 heteroatoms. The van der Waals surface area contributed by atoms with E-state index in [9.17, 15) is 4.79 Å². The highest BCUT2D eigenvalue weighted by Crippen LogP contribution is 2.20. The van der Waals surface area contributed by atoms with Crippen LogP contribution in [0.5, 0.6) is 0 Å². The fraction of sp³-hybridized carbons (Fsp3) is 0.357. The molecule has 1 amide bonds. The minimum atomic E-state index is 0.0572. The van der Waals surface area contributed by atoms with Crippen molar-refractivity contribution in [1.82, 2.24) is 9.88 Å². The summed E-state index contributed by atoms with van der Waals surface area (Å²) in [7, 11) is 0. The Bertz CT molecular complexity index is 562. The van der Waals surface area contributed by atoms with E-state index in [-0.39, 0.29) is 11.9 Å². The van der Waals surface area contributed by atoms with Gasteiger partial charge in [-0.3, -0.25) is 4.79 Å². The molecule has 0 fully saturated rings. The van der Waals surface area contributed by atoms with Gasteiger partial charge in [0.25, 0.3) is 0 Å². The van der Waals surface area contributed by atoms with E-state index in [0.29, 0.717) is 6.54 Å². The lowest BCUT2D eigenvalue weighted by atomic mass is 10.2. The molecule has 2 rings (SSSR count). The number of benzene rings is 1. The Morgan fingerprint density at radius 2 is 2.22 bits per heavy atom. The van der Waals surface area contributed by atoms with Gasteiger partial charge in [0.15, 0.2) is 0 Å². The first-order valence-corrected chi connectivity index (χ1v) is 6.93. The summed E-state index contributed by atoms with van der Waals surface area (Å²) >= 11 is 3.46. The Labute approximate surface area is 115 Å². The number of carbonyl (C=O) groups excluding carboxylic acids is 1. The molecule has 0 aliphatic rings. The van der Waals surface area contributed by atoms with Crippen LogP contribution < -0.4 is 5.32 Å². The average molecular weight is 309 g/mol. The third-order valence-electron chi connectivity index (χ3n) is 3.07. The molecule has 2 aromatic rings. The Hall–Kier alpha value is -1.29. The standard InChI is InChI=1S/C14H17BrN2O/c1-3-10(2)16-14(18)9-17-7-6-11-4-5-12(15)8-13(11)17/h4-8,10H,3,9H2,1-2H3,(H,16,18). The van der Waals surface area contributed by atoms with Gasteiger partial charge < -0.3 is 9.88 Å². The van der Waals surface area contributed by atoms with Gasteiger partial charge in [-0.15, -0.1) is 0 Å². The van der Waals surface area contributed by atoms with Gasteiger partial charge >= 0.3 is 0 Å². The second-order valence-corrected chi connectivity index (χ2v) is 5.44. The van der Waals surface area contributed by atoms with Gasteiger partial charge in [-0.05, 0) is 36.9 Å². The highest BCUT2D eigenvalue weighted by molar-refractivity contribution is 9.10. The van der Waals surface area contributed by atoms with E-state index in [2.05, 4.69) is 28.2 Å². The maximum Gasteiger partial charge on any atom is 0.240 e. The van der Waals surface area contributed by atoms with Gasteiger partial charge in [-0.1, -0.05) is 28.9 Å². The average Bonchev–Trinajstić information content (AvgIpc) is 2.71. The Balaban J connectivity index is 2.16. The number of rotatable bonds is 4. The number of hydrogen-bond donors (Lipinski definition) is 1. The maximum atomic E-state index is 11.9. The van der Waals surface area contributed by atoms with Crippen molar-refractivity contribution in [3.05, 3.63) is 34.9 Å². The zero-order valence-corrected chi connectivity index (χ0v) is 12.2. The molecule has 0 saturated heterocycles. The molecule has 0 bridgehead atoms. The molecule has 1 N–H and O–H groups in total. The van der Waals surface area contributed by atoms with E-state index >= 15 is 0 Å². The van der Waals surface area contributed by atoms with Gasteiger partial charge in [0.2, 0.25) is 5.91 Å². The van der Waals surface area contributed by atoms with E-state index < -0.39 is 0 Å². The maximum absolute atomic E-state index is 11.9. The third kappa shape index (κ3) is 2.93. The molecule has 96 valence electrons. The molecule has 3 nitrogen and oxygen atoms in total. The molecular weight excluding hydrogens is 292 g/mol. The number of carbonyl (C=O) groups is 1. The van der Waals surface area contributed by atoms with Crippen molar-refractivity contribution >= 4 is 32.7 Å². The minimum absolute atomic E-state index is 0.0572. The minimum Gasteiger partial charge on any atom is -0.352 e. The first-order valence-electron chi connectivity index (χ1n) is 6.14. The van der Waals surface area contributed by atoms with E-state index in [1.165, 1.54) is 0 Å². The summed E-state index contributed by atoms with van der Waals surface area (Å²) in [6.45, 7) is 4.44. The predicted octanol–water partition coefficient (Wildman–Crippen LogP) is 3.32. The van der Waals surface area contributed by atoms with E-state index in [4.69, 9.17) is 0 Å². The van der Waals surface area contributed by atoms with E-state index in [1.807, 2.05) is 42.0 Å². The monoisotopic (exact) mass is 308 g/mol. The summed E-state index contributed by atoms with van der Waals surface area (Å²) in [5.74, 6) is 0.0572. The number of nitrogens with one attached hydrogen (secondary N) is 1. The SMILES string of the molecule is CCC(C)NC(=O)Cn1ccc2ccc(Br)cc21. The predicted molar refractivity (Wildman–Crippen MR) is 77.5 cm³/mol. The van der Waals surface area contributed by atoms with Gasteiger partial charge in [0, 0.05) is 22.2 Å². The smallest absolute Gasteiger partial charge is 0.240 e. The topological polar surface area (TPSA) is 34.0 Å². The van der Waals surface area contributed by atoms with E-state index in [0.717, 1.165) is 21.8 Å². The van der Waals surface area contributed by atoms with Gasteiger partial charge in [-0.25, -0.2) is 0 Å². The van der Waals surface area contributed by atoms with Crippen molar-refractivity contribution in [3.8, 4) is 0 Å². The molecule has 0 radical (unpaired) electrons. The van der Waals surface area contributed by atoms with Crippen molar-refractivity contribution in [2.45, 2.75) is 32.9 Å². The molecule has 18 heavy (non-hydrogen) atoms. The molecule has 0 saturated carbocycles. The molecule has 1 unspecified atom stereocenters. The second-order valence-electron chi connectivity index (χ2n) is 4.52. The molecule has 1 atom stereocenters. The number of fused-ring (bicyclic) bond motifs is 1. The molecular formula is C14H17BrN2O. The third-order valence-corrected chi connectivity index (χ3v) is 3.56. The zero-order chi connectivity index (χ0) is 13.1. The van der Waals surface area contributed by atoms with Crippen molar-refractivity contribution in [3.63, 3.8) is 0 Å². The quantitative estimate of drug-likeness (QED) is 0.923. The number of amides is 1. The fourth-order valence-electron chi connectivity index (χ4n) is 1.87. The summed E-state index contributed by atoms with van der Waals surface area (Å²) in [4.78, 5) is 11.9. The van der Waals surface area contributed by atoms with Gasteiger partial charge in [0.05, 0.1) is 0 Å². The van der Waals surface area contributed by atoms with Crippen LogP contribution in [0.4, 0.5) is 0 Å². The van der Waals surface area contributed by atoms with Crippen LogP contribution in [-0.4, -0.2) is 16.5 Å². The summed E-state index contributed by atoms with van der Waals surface area (Å²) in [6.07, 6.45) is 2.90. The van der Waals surface area contributed by atoms with Crippen LogP contribution in [0.15, 0.2) is 34.9 Å². The Morgan fingerprint density at radius 1 is 1.44 bits per heavy atom. The molecule has 1 aromatic carbocycles. The molecule has 1 aromatic heterocycles. The zero-order valence-electron chi connectivity index (χ0n) is 10.6. The number of halogens is 1. The fourth-order valence-corrected chi connectivity index (χ4v) is 2.22. The van der Waals surface area contributed by atoms with Gasteiger partial charge in [-0.2, -0.15) is 0 Å². The van der Waals surface area contributed by atoms with Crippen LogP contribution in [0.1, 0.15) is 20.3 Å². The van der Waals surface area contributed by atoms with Crippen LogP contribution in [-0.2, 0) is 11.3 Å². The van der Waals surface area contributed by atoms with Crippen molar-refractivity contribution in [2.75, 3.05) is 0 Å². The van der Waals surface area contributed by atoms with Crippen molar-refractivity contribution < 1.29 is 4.79 Å². The normalized spacial score (nSPS) is 12.6.